The number of aromatic nitrogens is 1. The number of carbonyl (C=O) groups excluding carboxylic acids is 1. The highest BCUT2D eigenvalue weighted by atomic mass is 32.2. The van der Waals surface area contributed by atoms with Gasteiger partial charge in [-0.15, -0.1) is 11.3 Å². The first kappa shape index (κ1) is 22.9. The largest absolute Gasteiger partial charge is 0.373 e. The highest BCUT2D eigenvalue weighted by Gasteiger charge is 2.32. The van der Waals surface area contributed by atoms with Gasteiger partial charge >= 0.3 is 0 Å². The average molecular weight is 452 g/mol. The maximum atomic E-state index is 12.9. The van der Waals surface area contributed by atoms with E-state index in [0.717, 1.165) is 30.0 Å². The Morgan fingerprint density at radius 1 is 1.20 bits per heavy atom. The summed E-state index contributed by atoms with van der Waals surface area (Å²) in [6, 6.07) is 6.13. The molecule has 1 amide bonds. The van der Waals surface area contributed by atoms with Gasteiger partial charge < -0.3 is 10.1 Å². The van der Waals surface area contributed by atoms with E-state index in [4.69, 9.17) is 4.74 Å². The van der Waals surface area contributed by atoms with Crippen molar-refractivity contribution < 1.29 is 17.9 Å². The lowest BCUT2D eigenvalue weighted by atomic mass is 10.2. The van der Waals surface area contributed by atoms with Crippen LogP contribution < -0.4 is 5.32 Å². The molecule has 0 bridgehead atoms. The molecule has 0 spiro atoms. The second kappa shape index (κ2) is 10.00. The van der Waals surface area contributed by atoms with Crippen LogP contribution in [0.2, 0.25) is 0 Å². The zero-order valence-corrected chi connectivity index (χ0v) is 19.3. The second-order valence-corrected chi connectivity index (χ2v) is 10.6. The van der Waals surface area contributed by atoms with E-state index >= 15 is 0 Å². The Morgan fingerprint density at radius 3 is 2.47 bits per heavy atom. The van der Waals surface area contributed by atoms with Crippen LogP contribution in [0.4, 0.5) is 0 Å². The summed E-state index contributed by atoms with van der Waals surface area (Å²) in [7, 11) is -3.60. The molecule has 0 saturated carbocycles. The van der Waals surface area contributed by atoms with E-state index in [-0.39, 0.29) is 23.0 Å². The number of carbonyl (C=O) groups is 1. The minimum atomic E-state index is -3.60. The SMILES string of the molecule is Cc1csc(CCCCNC(=O)c2ccc(S(=O)(=O)N3CC(C)OC(C)C3)cc2)n1. The van der Waals surface area contributed by atoms with Crippen molar-refractivity contribution in [1.82, 2.24) is 14.6 Å². The lowest BCUT2D eigenvalue weighted by Crippen LogP contribution is -2.48. The molecule has 0 radical (unpaired) electrons. The van der Waals surface area contributed by atoms with E-state index < -0.39 is 10.0 Å². The van der Waals surface area contributed by atoms with E-state index in [1.807, 2.05) is 26.2 Å². The number of hydrogen-bond donors (Lipinski definition) is 1. The van der Waals surface area contributed by atoms with Gasteiger partial charge in [-0.3, -0.25) is 4.79 Å². The van der Waals surface area contributed by atoms with Gasteiger partial charge in [-0.05, 0) is 64.3 Å². The fourth-order valence-corrected chi connectivity index (χ4v) is 5.89. The molecule has 2 heterocycles. The van der Waals surface area contributed by atoms with Crippen LogP contribution in [0.5, 0.6) is 0 Å². The number of thiazole rings is 1. The molecule has 2 aromatic rings. The Hall–Kier alpha value is -1.81. The van der Waals surface area contributed by atoms with Gasteiger partial charge in [-0.25, -0.2) is 13.4 Å². The summed E-state index contributed by atoms with van der Waals surface area (Å²) in [5.41, 5.74) is 1.50. The molecule has 1 fully saturated rings. The first-order chi connectivity index (χ1) is 14.3. The monoisotopic (exact) mass is 451 g/mol. The summed E-state index contributed by atoms with van der Waals surface area (Å²) in [4.78, 5) is 17.0. The molecule has 7 nitrogen and oxygen atoms in total. The number of unbranched alkanes of at least 4 members (excludes halogenated alkanes) is 1. The number of morpholine rings is 1. The molecule has 164 valence electrons. The van der Waals surface area contributed by atoms with Crippen molar-refractivity contribution in [2.75, 3.05) is 19.6 Å². The van der Waals surface area contributed by atoms with Crippen molar-refractivity contribution in [2.45, 2.75) is 57.1 Å². The summed E-state index contributed by atoms with van der Waals surface area (Å²) in [6.07, 6.45) is 2.45. The quantitative estimate of drug-likeness (QED) is 0.624. The summed E-state index contributed by atoms with van der Waals surface area (Å²) < 4.78 is 32.8. The predicted molar refractivity (Wildman–Crippen MR) is 117 cm³/mol. The highest BCUT2D eigenvalue weighted by molar-refractivity contribution is 7.89. The summed E-state index contributed by atoms with van der Waals surface area (Å²) >= 11 is 1.67. The minimum absolute atomic E-state index is 0.145. The second-order valence-electron chi connectivity index (χ2n) is 7.70. The first-order valence-corrected chi connectivity index (χ1v) is 12.5. The third-order valence-corrected chi connectivity index (χ3v) is 7.78. The normalized spacial score (nSPS) is 20.2. The number of benzene rings is 1. The summed E-state index contributed by atoms with van der Waals surface area (Å²) in [5.74, 6) is -0.197. The topological polar surface area (TPSA) is 88.6 Å². The Kier molecular flexibility index (Phi) is 7.62. The number of aryl methyl sites for hydroxylation is 2. The van der Waals surface area contributed by atoms with Gasteiger partial charge in [0.05, 0.1) is 22.1 Å². The number of rotatable bonds is 8. The number of sulfonamides is 1. The molecule has 2 atom stereocenters. The standard InChI is InChI=1S/C21H29N3O4S2/c1-15-14-29-20(23-15)6-4-5-11-22-21(25)18-7-9-19(10-8-18)30(26,27)24-12-16(2)28-17(3)13-24/h7-10,14,16-17H,4-6,11-13H2,1-3H3,(H,22,25). The number of hydrogen-bond acceptors (Lipinski definition) is 6. The lowest BCUT2D eigenvalue weighted by Gasteiger charge is -2.34. The van der Waals surface area contributed by atoms with Gasteiger partial charge in [0.2, 0.25) is 10.0 Å². The van der Waals surface area contributed by atoms with Gasteiger partial charge in [0.1, 0.15) is 0 Å². The van der Waals surface area contributed by atoms with Crippen LogP contribution in [-0.4, -0.2) is 55.5 Å². The van der Waals surface area contributed by atoms with Crippen molar-refractivity contribution in [3.05, 3.63) is 45.9 Å². The van der Waals surface area contributed by atoms with E-state index in [9.17, 15) is 13.2 Å². The summed E-state index contributed by atoms with van der Waals surface area (Å²) in [5, 5.41) is 6.06. The van der Waals surface area contributed by atoms with Gasteiger partial charge in [-0.2, -0.15) is 4.31 Å². The molecule has 30 heavy (non-hydrogen) atoms. The fourth-order valence-electron chi connectivity index (χ4n) is 3.48. The number of amides is 1. The first-order valence-electron chi connectivity index (χ1n) is 10.2. The molecule has 3 rings (SSSR count). The fraction of sp³-hybridized carbons (Fsp3) is 0.524. The molecule has 1 aliphatic heterocycles. The van der Waals surface area contributed by atoms with Crippen molar-refractivity contribution in [1.29, 1.82) is 0 Å². The van der Waals surface area contributed by atoms with Crippen molar-refractivity contribution >= 4 is 27.3 Å². The average Bonchev–Trinajstić information content (AvgIpc) is 3.12. The van der Waals surface area contributed by atoms with E-state index in [0.29, 0.717) is 25.2 Å². The number of nitrogens with one attached hydrogen (secondary N) is 1. The van der Waals surface area contributed by atoms with Gasteiger partial charge in [0.15, 0.2) is 0 Å². The van der Waals surface area contributed by atoms with Crippen LogP contribution in [0.25, 0.3) is 0 Å². The van der Waals surface area contributed by atoms with Crippen molar-refractivity contribution in [2.24, 2.45) is 0 Å². The number of ether oxygens (including phenoxy) is 1. The zero-order valence-electron chi connectivity index (χ0n) is 17.6. The molecule has 0 aliphatic carbocycles. The zero-order chi connectivity index (χ0) is 21.7. The Bertz CT molecular complexity index is 947. The van der Waals surface area contributed by atoms with Crippen LogP contribution in [0.15, 0.2) is 34.5 Å². The molecule has 1 saturated heterocycles. The van der Waals surface area contributed by atoms with Gasteiger partial charge in [-0.1, -0.05) is 0 Å². The minimum Gasteiger partial charge on any atom is -0.373 e. The van der Waals surface area contributed by atoms with Crippen LogP contribution in [0.1, 0.15) is 47.7 Å². The molecule has 9 heteroatoms. The molecule has 1 aliphatic rings. The van der Waals surface area contributed by atoms with Crippen LogP contribution in [0.3, 0.4) is 0 Å². The Balaban J connectivity index is 1.50. The van der Waals surface area contributed by atoms with E-state index in [2.05, 4.69) is 10.3 Å². The van der Waals surface area contributed by atoms with E-state index in [1.54, 1.807) is 23.5 Å². The molecule has 2 unspecified atom stereocenters. The smallest absolute Gasteiger partial charge is 0.251 e. The predicted octanol–water partition coefficient (Wildman–Crippen LogP) is 3.00. The van der Waals surface area contributed by atoms with Crippen LogP contribution in [0, 0.1) is 6.92 Å². The Labute approximate surface area is 182 Å². The molecule has 1 aromatic heterocycles. The molecule has 1 N–H and O–H groups in total. The summed E-state index contributed by atoms with van der Waals surface area (Å²) in [6.45, 7) is 6.95. The molecule has 1 aromatic carbocycles. The lowest BCUT2D eigenvalue weighted by molar-refractivity contribution is -0.0440. The maximum Gasteiger partial charge on any atom is 0.251 e. The number of nitrogens with zero attached hydrogens (tertiary/aromatic N) is 2. The third kappa shape index (κ3) is 5.87. The van der Waals surface area contributed by atoms with Crippen molar-refractivity contribution in [3.8, 4) is 0 Å². The van der Waals surface area contributed by atoms with Gasteiger partial charge in [0.25, 0.3) is 5.91 Å². The third-order valence-electron chi connectivity index (χ3n) is 4.91. The van der Waals surface area contributed by atoms with Gasteiger partial charge in [0, 0.05) is 36.3 Å². The Morgan fingerprint density at radius 2 is 1.87 bits per heavy atom. The maximum absolute atomic E-state index is 12.9. The molecular weight excluding hydrogens is 422 g/mol. The van der Waals surface area contributed by atoms with Crippen LogP contribution >= 0.6 is 11.3 Å². The van der Waals surface area contributed by atoms with Crippen LogP contribution in [-0.2, 0) is 21.2 Å². The van der Waals surface area contributed by atoms with Crippen molar-refractivity contribution in [3.63, 3.8) is 0 Å². The molecular formula is C21H29N3O4S2. The highest BCUT2D eigenvalue weighted by Crippen LogP contribution is 2.21. The van der Waals surface area contributed by atoms with E-state index in [1.165, 1.54) is 16.4 Å².